The van der Waals surface area contributed by atoms with Gasteiger partial charge >= 0.3 is 0 Å². The Morgan fingerprint density at radius 1 is 1.09 bits per heavy atom. The molecule has 0 saturated carbocycles. The maximum absolute atomic E-state index is 12.9. The fraction of sp³-hybridized carbons (Fsp3) is 0.731. The Hall–Kier alpha value is -1.95. The van der Waals surface area contributed by atoms with E-state index in [9.17, 15) is 15.0 Å². The fourth-order valence-corrected chi connectivity index (χ4v) is 5.79. The third-order valence-corrected chi connectivity index (χ3v) is 6.83. The molecule has 3 N–H and O–H groups in total. The van der Waals surface area contributed by atoms with E-state index in [0.717, 1.165) is 24.0 Å². The van der Waals surface area contributed by atoms with Crippen molar-refractivity contribution in [3.63, 3.8) is 0 Å². The minimum Gasteiger partial charge on any atom is -0.494 e. The van der Waals surface area contributed by atoms with Gasteiger partial charge in [-0.25, -0.2) is 0 Å². The zero-order valence-electron chi connectivity index (χ0n) is 21.1. The van der Waals surface area contributed by atoms with E-state index in [2.05, 4.69) is 31.3 Å². The maximum atomic E-state index is 12.9. The van der Waals surface area contributed by atoms with Gasteiger partial charge < -0.3 is 20.3 Å². The molecule has 1 heterocycles. The van der Waals surface area contributed by atoms with Crippen molar-refractivity contribution in [2.24, 2.45) is 5.41 Å². The molecule has 1 aromatic rings. The molecule has 0 aliphatic heterocycles. The molecule has 6 heteroatoms. The summed E-state index contributed by atoms with van der Waals surface area (Å²) in [6.45, 7) is 16.8. The van der Waals surface area contributed by atoms with E-state index in [1.165, 1.54) is 0 Å². The largest absolute Gasteiger partial charge is 0.494 e. The van der Waals surface area contributed by atoms with Gasteiger partial charge in [-0.15, -0.1) is 0 Å². The minimum absolute atomic E-state index is 0.00559. The quantitative estimate of drug-likeness (QED) is 0.426. The van der Waals surface area contributed by atoms with Gasteiger partial charge in [-0.3, -0.25) is 9.36 Å². The Bertz CT molecular complexity index is 857. The first-order valence-corrected chi connectivity index (χ1v) is 11.9. The van der Waals surface area contributed by atoms with Gasteiger partial charge in [-0.1, -0.05) is 26.0 Å². The molecular formula is C26H42N2O4. The number of hydrogen-bond donors (Lipinski definition) is 3. The second-order valence-corrected chi connectivity index (χ2v) is 12.1. The van der Waals surface area contributed by atoms with Gasteiger partial charge in [-0.2, -0.15) is 0 Å². The summed E-state index contributed by atoms with van der Waals surface area (Å²) in [4.78, 5) is 12.9. The Labute approximate surface area is 193 Å². The first kappa shape index (κ1) is 24.7. The summed E-state index contributed by atoms with van der Waals surface area (Å²) in [5, 5.41) is 25.2. The van der Waals surface area contributed by atoms with Crippen LogP contribution in [0.4, 0.5) is 0 Å². The number of carbonyl (C=O) groups is 1. The molecule has 32 heavy (non-hydrogen) atoms. The highest BCUT2D eigenvalue weighted by atomic mass is 16.5. The van der Waals surface area contributed by atoms with Gasteiger partial charge in [0.2, 0.25) is 5.91 Å². The van der Waals surface area contributed by atoms with Crippen molar-refractivity contribution in [1.82, 2.24) is 9.88 Å². The summed E-state index contributed by atoms with van der Waals surface area (Å²) in [7, 11) is 0. The Morgan fingerprint density at radius 2 is 1.62 bits per heavy atom. The van der Waals surface area contributed by atoms with Crippen LogP contribution in [0.1, 0.15) is 104 Å². The molecule has 2 bridgehead atoms. The first-order valence-electron chi connectivity index (χ1n) is 11.9. The SMILES string of the molecule is CC(C)OCCC(C)(C)NC(=O)CC(C)(C)CC(C)(C)n1c(O)c2c(c1O)C1C=CC2C1. The number of allylic oxidation sites excluding steroid dienone is 2. The average molecular weight is 447 g/mol. The third kappa shape index (κ3) is 5.00. The van der Waals surface area contributed by atoms with Gasteiger partial charge in [0.1, 0.15) is 0 Å². The van der Waals surface area contributed by atoms with Crippen LogP contribution in [0.25, 0.3) is 0 Å². The molecule has 3 rings (SSSR count). The van der Waals surface area contributed by atoms with Crippen LogP contribution in [0.15, 0.2) is 12.2 Å². The van der Waals surface area contributed by atoms with Crippen molar-refractivity contribution < 1.29 is 19.7 Å². The number of nitrogens with one attached hydrogen (secondary N) is 1. The number of amides is 1. The maximum Gasteiger partial charge on any atom is 0.220 e. The normalized spacial score (nSPS) is 20.3. The molecular weight excluding hydrogens is 404 g/mol. The number of aromatic hydroxyl groups is 2. The molecule has 1 aromatic heterocycles. The van der Waals surface area contributed by atoms with Gasteiger partial charge in [-0.05, 0) is 66.2 Å². The summed E-state index contributed by atoms with van der Waals surface area (Å²) >= 11 is 0. The number of ether oxygens (including phenoxy) is 1. The van der Waals surface area contributed by atoms with Crippen LogP contribution in [0.5, 0.6) is 11.8 Å². The lowest BCUT2D eigenvalue weighted by Gasteiger charge is -2.37. The van der Waals surface area contributed by atoms with Gasteiger partial charge in [0.25, 0.3) is 0 Å². The Morgan fingerprint density at radius 3 is 2.12 bits per heavy atom. The molecule has 180 valence electrons. The van der Waals surface area contributed by atoms with Crippen molar-refractivity contribution >= 4 is 5.91 Å². The lowest BCUT2D eigenvalue weighted by Crippen LogP contribution is -2.46. The number of fused-ring (bicyclic) bond motifs is 5. The van der Waals surface area contributed by atoms with Gasteiger partial charge in [0, 0.05) is 47.1 Å². The van der Waals surface area contributed by atoms with Crippen LogP contribution in [0.3, 0.4) is 0 Å². The first-order chi connectivity index (χ1) is 14.6. The number of rotatable bonds is 10. The van der Waals surface area contributed by atoms with E-state index in [-0.39, 0.29) is 46.6 Å². The van der Waals surface area contributed by atoms with Crippen molar-refractivity contribution in [2.75, 3.05) is 6.61 Å². The second-order valence-electron chi connectivity index (χ2n) is 12.1. The zero-order chi connectivity index (χ0) is 24.1. The lowest BCUT2D eigenvalue weighted by molar-refractivity contribution is -0.125. The number of aromatic nitrogens is 1. The van der Waals surface area contributed by atoms with E-state index in [0.29, 0.717) is 19.4 Å². The van der Waals surface area contributed by atoms with Crippen molar-refractivity contribution in [3.05, 3.63) is 23.3 Å². The predicted octanol–water partition coefficient (Wildman–Crippen LogP) is 5.29. The summed E-state index contributed by atoms with van der Waals surface area (Å²) in [5.74, 6) is 0.736. The van der Waals surface area contributed by atoms with Crippen molar-refractivity contribution in [3.8, 4) is 11.8 Å². The lowest BCUT2D eigenvalue weighted by atomic mass is 9.77. The molecule has 0 spiro atoms. The average Bonchev–Trinajstić information content (AvgIpc) is 3.25. The molecule has 0 fully saturated rings. The van der Waals surface area contributed by atoms with Crippen molar-refractivity contribution in [2.45, 2.75) is 110 Å². The Kier molecular flexibility index (Phi) is 6.51. The predicted molar refractivity (Wildman–Crippen MR) is 127 cm³/mol. The molecule has 2 aliphatic carbocycles. The molecule has 1 amide bonds. The highest BCUT2D eigenvalue weighted by Gasteiger charge is 2.44. The van der Waals surface area contributed by atoms with Gasteiger partial charge in [0.15, 0.2) is 11.8 Å². The van der Waals surface area contributed by atoms with Crippen LogP contribution in [0, 0.1) is 5.41 Å². The molecule has 0 saturated heterocycles. The van der Waals surface area contributed by atoms with E-state index < -0.39 is 5.54 Å². The monoisotopic (exact) mass is 446 g/mol. The fourth-order valence-electron chi connectivity index (χ4n) is 5.79. The van der Waals surface area contributed by atoms with Crippen molar-refractivity contribution in [1.29, 1.82) is 0 Å². The smallest absolute Gasteiger partial charge is 0.220 e. The van der Waals surface area contributed by atoms with Crippen LogP contribution in [0.2, 0.25) is 0 Å². The van der Waals surface area contributed by atoms with Crippen LogP contribution in [-0.2, 0) is 15.1 Å². The van der Waals surface area contributed by atoms with Gasteiger partial charge in [0.05, 0.1) is 6.10 Å². The van der Waals surface area contributed by atoms with Crippen LogP contribution in [-0.4, -0.2) is 38.9 Å². The van der Waals surface area contributed by atoms with E-state index in [4.69, 9.17) is 4.74 Å². The van der Waals surface area contributed by atoms with E-state index in [1.54, 1.807) is 4.57 Å². The molecule has 2 aliphatic rings. The molecule has 6 nitrogen and oxygen atoms in total. The summed E-state index contributed by atoms with van der Waals surface area (Å²) in [5.41, 5.74) is 0.528. The van der Waals surface area contributed by atoms with Crippen LogP contribution >= 0.6 is 0 Å². The molecule has 0 aromatic carbocycles. The number of carbonyl (C=O) groups excluding carboxylic acids is 1. The molecule has 2 unspecified atom stereocenters. The Balaban J connectivity index is 1.67. The minimum atomic E-state index is -0.553. The third-order valence-electron chi connectivity index (χ3n) is 6.83. The molecule has 2 atom stereocenters. The van der Waals surface area contributed by atoms with E-state index >= 15 is 0 Å². The zero-order valence-corrected chi connectivity index (χ0v) is 21.1. The van der Waals surface area contributed by atoms with Crippen LogP contribution < -0.4 is 5.32 Å². The highest BCUT2D eigenvalue weighted by molar-refractivity contribution is 5.77. The standard InChI is InChI=1S/C26H42N2O4/c1-16(2)32-12-11-25(5,6)27-19(29)14-24(3,4)15-26(7,8)28-22(30)20-17-9-10-18(13-17)21(20)23(28)31/h9-10,16-18,30-31H,11-15H2,1-8H3,(H,27,29). The number of nitrogens with zero attached hydrogens (tertiary/aromatic N) is 1. The summed E-state index contributed by atoms with van der Waals surface area (Å²) < 4.78 is 7.31. The summed E-state index contributed by atoms with van der Waals surface area (Å²) in [6, 6.07) is 0. The second kappa shape index (κ2) is 8.44. The topological polar surface area (TPSA) is 83.7 Å². The van der Waals surface area contributed by atoms with E-state index in [1.807, 2.05) is 41.5 Å². The highest BCUT2D eigenvalue weighted by Crippen LogP contribution is 2.58. The molecule has 0 radical (unpaired) electrons. The summed E-state index contributed by atoms with van der Waals surface area (Å²) in [6.07, 6.45) is 7.11. The number of hydrogen-bond acceptors (Lipinski definition) is 4.